The van der Waals surface area contributed by atoms with Crippen molar-refractivity contribution in [2.75, 3.05) is 6.26 Å². The predicted molar refractivity (Wildman–Crippen MR) is 122 cm³/mol. The summed E-state index contributed by atoms with van der Waals surface area (Å²) in [6.45, 7) is 0. The number of primary sulfonamides is 2. The first-order valence-electron chi connectivity index (χ1n) is 8.94. The Kier molecular flexibility index (Phi) is 8.66. The van der Waals surface area contributed by atoms with Crippen molar-refractivity contribution in [3.63, 3.8) is 0 Å². The molecule has 0 saturated heterocycles. The van der Waals surface area contributed by atoms with E-state index in [0.717, 1.165) is 17.8 Å². The maximum absolute atomic E-state index is 12.8. The lowest BCUT2D eigenvalue weighted by molar-refractivity contribution is -0.144. The summed E-state index contributed by atoms with van der Waals surface area (Å²) in [5.74, 6) is 0. The number of alkyl halides is 6. The van der Waals surface area contributed by atoms with Gasteiger partial charge in [-0.25, -0.2) is 37.1 Å². The van der Waals surface area contributed by atoms with E-state index in [-0.39, 0.29) is 23.9 Å². The summed E-state index contributed by atoms with van der Waals surface area (Å²) in [6, 6.07) is 4.94. The zero-order valence-electron chi connectivity index (χ0n) is 17.7. The monoisotopic (exact) mass is 628 g/mol. The molecule has 210 valence electrons. The van der Waals surface area contributed by atoms with Crippen molar-refractivity contribution < 1.29 is 43.2 Å². The number of nitrogens with two attached hydrogens (primary N) is 2. The van der Waals surface area contributed by atoms with Gasteiger partial charge in [0.25, 0.3) is 20.0 Å². The van der Waals surface area contributed by atoms with Crippen molar-refractivity contribution >= 4 is 54.7 Å². The zero-order chi connectivity index (χ0) is 28.1. The van der Waals surface area contributed by atoms with Gasteiger partial charge in [0, 0.05) is 0 Å². The fraction of sp³-hybridized carbons (Fsp3) is 0.250. The van der Waals surface area contributed by atoms with Crippen molar-refractivity contribution in [1.82, 2.24) is 29.2 Å². The van der Waals surface area contributed by atoms with Crippen LogP contribution in [-0.2, 0) is 32.4 Å². The summed E-state index contributed by atoms with van der Waals surface area (Å²) in [6.07, 6.45) is -8.26. The van der Waals surface area contributed by atoms with Crippen LogP contribution in [0, 0.1) is 0 Å². The summed E-state index contributed by atoms with van der Waals surface area (Å²) in [5.41, 5.74) is -3.76. The Morgan fingerprint density at radius 2 is 1.18 bits per heavy atom. The SMILES string of the molecule is C.CSc1ccc2nc(C(F)(F)F)c(S(N)(=O)=O)n2n1.NS(=O)(=O)c1c(C(F)(F)F)nc2ccc(Cl)nn12. The minimum atomic E-state index is -4.97. The number of fused-ring (bicyclic) bond motifs is 2. The quantitative estimate of drug-likeness (QED) is 0.255. The van der Waals surface area contributed by atoms with Crippen molar-refractivity contribution in [2.45, 2.75) is 34.9 Å². The average Bonchev–Trinajstić information content (AvgIpc) is 3.31. The molecule has 0 saturated carbocycles. The number of thioether (sulfide) groups is 1. The zero-order valence-corrected chi connectivity index (χ0v) is 20.9. The van der Waals surface area contributed by atoms with E-state index in [0.29, 0.717) is 14.1 Å². The molecule has 4 rings (SSSR count). The molecule has 4 aromatic rings. The molecule has 0 amide bonds. The maximum atomic E-state index is 12.8. The highest BCUT2D eigenvalue weighted by molar-refractivity contribution is 7.98. The predicted octanol–water partition coefficient (Wildman–Crippen LogP) is 2.80. The van der Waals surface area contributed by atoms with E-state index in [1.54, 1.807) is 6.26 Å². The highest BCUT2D eigenvalue weighted by Gasteiger charge is 2.43. The first-order chi connectivity index (χ1) is 16.7. The molecule has 4 heterocycles. The van der Waals surface area contributed by atoms with Gasteiger partial charge < -0.3 is 0 Å². The number of hydrogen-bond acceptors (Lipinski definition) is 9. The Hall–Kier alpha value is -2.72. The van der Waals surface area contributed by atoms with Crippen LogP contribution in [0.4, 0.5) is 26.3 Å². The van der Waals surface area contributed by atoms with Gasteiger partial charge >= 0.3 is 12.4 Å². The molecule has 38 heavy (non-hydrogen) atoms. The van der Waals surface area contributed by atoms with E-state index >= 15 is 0 Å². The molecule has 0 aromatic carbocycles. The molecule has 0 unspecified atom stereocenters. The molecule has 0 aliphatic rings. The molecular weight excluding hydrogens is 614 g/mol. The van der Waals surface area contributed by atoms with Gasteiger partial charge in [-0.1, -0.05) is 19.0 Å². The summed E-state index contributed by atoms with van der Waals surface area (Å²) in [4.78, 5) is 6.38. The highest BCUT2D eigenvalue weighted by atomic mass is 35.5. The summed E-state index contributed by atoms with van der Waals surface area (Å²) < 4.78 is 122. The fourth-order valence-corrected chi connectivity index (χ4v) is 4.89. The molecule has 0 radical (unpaired) electrons. The Bertz CT molecular complexity index is 1720. The third-order valence-electron chi connectivity index (χ3n) is 4.10. The van der Waals surface area contributed by atoms with Gasteiger partial charge in [0.1, 0.15) is 10.2 Å². The minimum Gasteiger partial charge on any atom is -0.223 e. The Balaban J connectivity index is 0.000000260. The maximum Gasteiger partial charge on any atom is 0.436 e. The summed E-state index contributed by atoms with van der Waals surface area (Å²) in [5, 5.41) is 14.5. The van der Waals surface area contributed by atoms with Crippen LogP contribution in [0.25, 0.3) is 11.3 Å². The van der Waals surface area contributed by atoms with Crippen LogP contribution in [-0.4, -0.2) is 52.3 Å². The molecule has 0 fully saturated rings. The van der Waals surface area contributed by atoms with Crippen LogP contribution in [0.15, 0.2) is 39.3 Å². The highest BCUT2D eigenvalue weighted by Crippen LogP contribution is 2.34. The number of rotatable bonds is 3. The lowest BCUT2D eigenvalue weighted by atomic mass is 10.5. The van der Waals surface area contributed by atoms with Gasteiger partial charge in [0.15, 0.2) is 22.7 Å². The largest absolute Gasteiger partial charge is 0.436 e. The molecule has 0 spiro atoms. The Morgan fingerprint density at radius 3 is 1.55 bits per heavy atom. The normalized spacial score (nSPS) is 12.8. The Morgan fingerprint density at radius 1 is 0.789 bits per heavy atom. The van der Waals surface area contributed by atoms with Gasteiger partial charge in [-0.15, -0.1) is 11.8 Å². The molecule has 0 bridgehead atoms. The number of sulfonamides is 2. The van der Waals surface area contributed by atoms with E-state index < -0.39 is 53.8 Å². The molecule has 4 aromatic heterocycles. The number of aromatic nitrogens is 6. The second-order valence-electron chi connectivity index (χ2n) is 6.69. The van der Waals surface area contributed by atoms with Gasteiger partial charge in [-0.3, -0.25) is 0 Å². The van der Waals surface area contributed by atoms with Gasteiger partial charge in [-0.05, 0) is 30.5 Å². The lowest BCUT2D eigenvalue weighted by Gasteiger charge is -2.05. The van der Waals surface area contributed by atoms with Crippen molar-refractivity contribution in [2.24, 2.45) is 10.3 Å². The summed E-state index contributed by atoms with van der Waals surface area (Å²) >= 11 is 6.63. The van der Waals surface area contributed by atoms with Gasteiger partial charge in [-0.2, -0.15) is 45.6 Å². The van der Waals surface area contributed by atoms with Crippen LogP contribution >= 0.6 is 23.4 Å². The second-order valence-corrected chi connectivity index (χ2v) is 10.9. The standard InChI is InChI=1S/C8H7F3N4O2S2.C7H4ClF3N4O2S.CH4/c1-18-5-3-2-4-13-6(8(9,10)11)7(15(4)14-5)19(12,16)17;8-3-1-2-4-13-5(7(9,10)11)6(15(4)14-3)18(12,16)17;/h2-3H,1H3,(H2,12,16,17);1-2H,(H2,12,16,17);1H4. The first kappa shape index (κ1) is 31.5. The first-order valence-corrected chi connectivity index (χ1v) is 13.6. The van der Waals surface area contributed by atoms with Crippen LogP contribution in [0.5, 0.6) is 0 Å². The number of halogens is 7. The number of hydrogen-bond donors (Lipinski definition) is 2. The lowest BCUT2D eigenvalue weighted by Crippen LogP contribution is -2.21. The Labute approximate surface area is 219 Å². The number of imidazole rings is 2. The molecular formula is C16H15ClF6N8O4S3. The van der Waals surface area contributed by atoms with E-state index in [9.17, 15) is 43.2 Å². The van der Waals surface area contributed by atoms with E-state index in [1.165, 1.54) is 18.2 Å². The molecule has 22 heteroatoms. The van der Waals surface area contributed by atoms with E-state index in [1.807, 2.05) is 0 Å². The van der Waals surface area contributed by atoms with E-state index in [4.69, 9.17) is 21.9 Å². The summed E-state index contributed by atoms with van der Waals surface area (Å²) in [7, 11) is -9.27. The average molecular weight is 629 g/mol. The van der Waals surface area contributed by atoms with Crippen LogP contribution < -0.4 is 10.3 Å². The molecule has 0 aliphatic heterocycles. The van der Waals surface area contributed by atoms with Crippen molar-refractivity contribution in [3.05, 3.63) is 40.8 Å². The van der Waals surface area contributed by atoms with Crippen LogP contribution in [0.1, 0.15) is 18.8 Å². The van der Waals surface area contributed by atoms with Crippen molar-refractivity contribution in [3.8, 4) is 0 Å². The van der Waals surface area contributed by atoms with Crippen LogP contribution in [0.3, 0.4) is 0 Å². The van der Waals surface area contributed by atoms with Crippen molar-refractivity contribution in [1.29, 1.82) is 0 Å². The smallest absolute Gasteiger partial charge is 0.223 e. The van der Waals surface area contributed by atoms with Crippen LogP contribution in [0.2, 0.25) is 5.15 Å². The van der Waals surface area contributed by atoms with Gasteiger partial charge in [0.05, 0.1) is 0 Å². The molecule has 12 nitrogen and oxygen atoms in total. The number of nitrogens with zero attached hydrogens (tertiary/aromatic N) is 6. The third kappa shape index (κ3) is 6.46. The minimum absolute atomic E-state index is 0. The van der Waals surface area contributed by atoms with E-state index in [2.05, 4.69) is 20.2 Å². The fourth-order valence-electron chi connectivity index (χ4n) is 2.78. The molecule has 4 N–H and O–H groups in total. The topological polar surface area (TPSA) is 181 Å². The molecule has 0 atom stereocenters. The molecule has 0 aliphatic carbocycles. The van der Waals surface area contributed by atoms with Gasteiger partial charge in [0.2, 0.25) is 10.1 Å². The second kappa shape index (κ2) is 10.4. The third-order valence-corrected chi connectivity index (χ3v) is 6.75.